The molecule has 4 nitrogen and oxygen atoms in total. The first kappa shape index (κ1) is 10.4. The van der Waals surface area contributed by atoms with E-state index in [1.807, 2.05) is 6.26 Å². The standard InChI is InChI=1S/C8H14N2O2S/c1-9-7(11)6(5-3-4-5)8(10-12)13-2/h5-6,12H,3-4H2,1-2H3,(H,9,11). The molecule has 1 aliphatic rings. The lowest BCUT2D eigenvalue weighted by Crippen LogP contribution is -2.33. The fourth-order valence-electron chi connectivity index (χ4n) is 1.34. The van der Waals surface area contributed by atoms with Gasteiger partial charge in [-0.2, -0.15) is 0 Å². The Morgan fingerprint density at radius 1 is 1.69 bits per heavy atom. The van der Waals surface area contributed by atoms with Gasteiger partial charge in [0.2, 0.25) is 5.91 Å². The molecule has 1 saturated carbocycles. The van der Waals surface area contributed by atoms with E-state index in [1.54, 1.807) is 7.05 Å². The number of carbonyl (C=O) groups excluding carboxylic acids is 1. The first-order chi connectivity index (χ1) is 6.24. The largest absolute Gasteiger partial charge is 0.410 e. The Hall–Kier alpha value is -0.710. The van der Waals surface area contributed by atoms with Gasteiger partial charge in [-0.3, -0.25) is 4.79 Å². The predicted octanol–water partition coefficient (Wildman–Crippen LogP) is 0.909. The van der Waals surface area contributed by atoms with Crippen molar-refractivity contribution in [3.05, 3.63) is 0 Å². The smallest absolute Gasteiger partial charge is 0.229 e. The second kappa shape index (κ2) is 4.50. The van der Waals surface area contributed by atoms with Crippen molar-refractivity contribution in [3.63, 3.8) is 0 Å². The first-order valence-corrected chi connectivity index (χ1v) is 5.44. The van der Waals surface area contributed by atoms with Gasteiger partial charge in [-0.05, 0) is 25.0 Å². The lowest BCUT2D eigenvalue weighted by atomic mass is 10.0. The van der Waals surface area contributed by atoms with Crippen LogP contribution in [0.1, 0.15) is 12.8 Å². The molecular formula is C8H14N2O2S. The maximum atomic E-state index is 11.4. The molecule has 5 heteroatoms. The van der Waals surface area contributed by atoms with Gasteiger partial charge < -0.3 is 10.5 Å². The third-order valence-corrected chi connectivity index (χ3v) is 2.95. The minimum atomic E-state index is -0.245. The molecule has 0 radical (unpaired) electrons. The number of nitrogens with one attached hydrogen (secondary N) is 1. The van der Waals surface area contributed by atoms with Crippen LogP contribution >= 0.6 is 11.8 Å². The SMILES string of the molecule is CNC(=O)C(C(=NO)SC)C1CC1. The van der Waals surface area contributed by atoms with E-state index in [4.69, 9.17) is 5.21 Å². The zero-order chi connectivity index (χ0) is 9.84. The molecule has 2 N–H and O–H groups in total. The van der Waals surface area contributed by atoms with Gasteiger partial charge in [0.25, 0.3) is 0 Å². The van der Waals surface area contributed by atoms with Crippen molar-refractivity contribution in [3.8, 4) is 0 Å². The van der Waals surface area contributed by atoms with Gasteiger partial charge in [-0.25, -0.2) is 0 Å². The van der Waals surface area contributed by atoms with Crippen molar-refractivity contribution in [2.24, 2.45) is 17.0 Å². The molecule has 0 heterocycles. The fraction of sp³-hybridized carbons (Fsp3) is 0.750. The number of thioether (sulfide) groups is 1. The quantitative estimate of drug-likeness (QED) is 0.309. The van der Waals surface area contributed by atoms with Crippen LogP contribution in [0, 0.1) is 11.8 Å². The maximum Gasteiger partial charge on any atom is 0.229 e. The van der Waals surface area contributed by atoms with Crippen molar-refractivity contribution in [2.75, 3.05) is 13.3 Å². The van der Waals surface area contributed by atoms with Crippen LogP contribution in [0.5, 0.6) is 0 Å². The van der Waals surface area contributed by atoms with Gasteiger partial charge in [0, 0.05) is 7.05 Å². The van der Waals surface area contributed by atoms with Crippen molar-refractivity contribution in [1.82, 2.24) is 5.32 Å². The van der Waals surface area contributed by atoms with Crippen LogP contribution in [0.2, 0.25) is 0 Å². The summed E-state index contributed by atoms with van der Waals surface area (Å²) in [5.41, 5.74) is 0. The van der Waals surface area contributed by atoms with Gasteiger partial charge >= 0.3 is 0 Å². The summed E-state index contributed by atoms with van der Waals surface area (Å²) in [6.45, 7) is 0. The zero-order valence-corrected chi connectivity index (χ0v) is 8.60. The van der Waals surface area contributed by atoms with E-state index in [2.05, 4.69) is 10.5 Å². The Morgan fingerprint density at radius 2 is 2.31 bits per heavy atom. The molecule has 0 aromatic heterocycles. The number of amides is 1. The zero-order valence-electron chi connectivity index (χ0n) is 7.78. The molecule has 1 amide bonds. The molecule has 0 aliphatic heterocycles. The molecule has 1 aliphatic carbocycles. The second-order valence-corrected chi connectivity index (χ2v) is 3.90. The number of hydrogen-bond donors (Lipinski definition) is 2. The summed E-state index contributed by atoms with van der Waals surface area (Å²) in [6.07, 6.45) is 3.92. The first-order valence-electron chi connectivity index (χ1n) is 4.22. The Labute approximate surface area is 81.8 Å². The Bertz CT molecular complexity index is 226. The van der Waals surface area contributed by atoms with E-state index in [9.17, 15) is 4.79 Å². The van der Waals surface area contributed by atoms with Crippen molar-refractivity contribution < 1.29 is 10.0 Å². The normalized spacial score (nSPS) is 19.7. The molecule has 1 rings (SSSR count). The minimum Gasteiger partial charge on any atom is -0.410 e. The molecule has 74 valence electrons. The van der Waals surface area contributed by atoms with Gasteiger partial charge in [0.05, 0.1) is 5.92 Å². The third-order valence-electron chi connectivity index (χ3n) is 2.20. The van der Waals surface area contributed by atoms with E-state index < -0.39 is 0 Å². The average molecular weight is 202 g/mol. The molecule has 1 unspecified atom stereocenters. The Kier molecular flexibility index (Phi) is 3.59. The summed E-state index contributed by atoms with van der Waals surface area (Å²) in [5.74, 6) is 0.0768. The van der Waals surface area contributed by atoms with Crippen molar-refractivity contribution in [1.29, 1.82) is 0 Å². The molecule has 0 aromatic rings. The number of hydrogen-bond acceptors (Lipinski definition) is 4. The van der Waals surface area contributed by atoms with Crippen LogP contribution in [-0.4, -0.2) is 29.5 Å². The summed E-state index contributed by atoms with van der Waals surface area (Å²) in [7, 11) is 1.60. The predicted molar refractivity (Wildman–Crippen MR) is 53.0 cm³/mol. The highest BCUT2D eigenvalue weighted by atomic mass is 32.2. The van der Waals surface area contributed by atoms with Gasteiger partial charge in [0.15, 0.2) is 0 Å². The molecular weight excluding hydrogens is 188 g/mol. The lowest BCUT2D eigenvalue weighted by molar-refractivity contribution is -0.122. The Morgan fingerprint density at radius 3 is 2.62 bits per heavy atom. The summed E-state index contributed by atoms with van der Waals surface area (Å²) < 4.78 is 0. The monoisotopic (exact) mass is 202 g/mol. The van der Waals surface area contributed by atoms with Gasteiger partial charge in [-0.1, -0.05) is 5.16 Å². The van der Waals surface area contributed by atoms with Crippen LogP contribution in [0.4, 0.5) is 0 Å². The summed E-state index contributed by atoms with van der Waals surface area (Å²) in [4.78, 5) is 11.4. The number of oxime groups is 1. The van der Waals surface area contributed by atoms with E-state index >= 15 is 0 Å². The maximum absolute atomic E-state index is 11.4. The summed E-state index contributed by atoms with van der Waals surface area (Å²) in [5, 5.41) is 15.0. The highest BCUT2D eigenvalue weighted by Gasteiger charge is 2.39. The molecule has 0 spiro atoms. The fourth-order valence-corrected chi connectivity index (χ4v) is 1.98. The lowest BCUT2D eigenvalue weighted by Gasteiger charge is -2.13. The molecule has 0 aromatic carbocycles. The number of rotatable bonds is 3. The van der Waals surface area contributed by atoms with E-state index in [0.29, 0.717) is 11.0 Å². The van der Waals surface area contributed by atoms with E-state index in [1.165, 1.54) is 11.8 Å². The third kappa shape index (κ3) is 2.37. The van der Waals surface area contributed by atoms with Crippen LogP contribution in [0.15, 0.2) is 5.16 Å². The molecule has 13 heavy (non-hydrogen) atoms. The van der Waals surface area contributed by atoms with E-state index in [0.717, 1.165) is 12.8 Å². The van der Waals surface area contributed by atoms with Gasteiger partial charge in [-0.15, -0.1) is 11.8 Å². The Balaban J connectivity index is 2.71. The second-order valence-electron chi connectivity index (χ2n) is 3.07. The molecule has 0 bridgehead atoms. The van der Waals surface area contributed by atoms with E-state index in [-0.39, 0.29) is 11.8 Å². The molecule has 0 saturated heterocycles. The van der Waals surface area contributed by atoms with Crippen molar-refractivity contribution in [2.45, 2.75) is 12.8 Å². The molecule has 1 fully saturated rings. The average Bonchev–Trinajstić information content (AvgIpc) is 2.96. The minimum absolute atomic E-state index is 0.0512. The number of nitrogens with zero attached hydrogens (tertiary/aromatic N) is 1. The van der Waals surface area contributed by atoms with Crippen molar-refractivity contribution >= 4 is 22.7 Å². The highest BCUT2D eigenvalue weighted by molar-refractivity contribution is 8.13. The summed E-state index contributed by atoms with van der Waals surface area (Å²) in [6, 6.07) is 0. The number of carbonyl (C=O) groups is 1. The van der Waals surface area contributed by atoms with Gasteiger partial charge in [0.1, 0.15) is 5.04 Å². The topological polar surface area (TPSA) is 61.7 Å². The van der Waals surface area contributed by atoms with Crippen LogP contribution < -0.4 is 5.32 Å². The van der Waals surface area contributed by atoms with Crippen LogP contribution in [0.25, 0.3) is 0 Å². The highest BCUT2D eigenvalue weighted by Crippen LogP contribution is 2.39. The molecule has 1 atom stereocenters. The van der Waals surface area contributed by atoms with Crippen LogP contribution in [-0.2, 0) is 4.79 Å². The van der Waals surface area contributed by atoms with Crippen LogP contribution in [0.3, 0.4) is 0 Å². The summed E-state index contributed by atoms with van der Waals surface area (Å²) >= 11 is 1.33.